The molecule has 0 radical (unpaired) electrons. The Morgan fingerprint density at radius 2 is 1.02 bits per heavy atom. The van der Waals surface area contributed by atoms with Gasteiger partial charge in [0.25, 0.3) is 0 Å². The summed E-state index contributed by atoms with van der Waals surface area (Å²) in [5.41, 5.74) is 6.56. The van der Waals surface area contributed by atoms with E-state index in [0.29, 0.717) is 0 Å². The van der Waals surface area contributed by atoms with Crippen LogP contribution in [0.5, 0.6) is 0 Å². The summed E-state index contributed by atoms with van der Waals surface area (Å²) in [5, 5.41) is 5.19. The second-order valence-corrected chi connectivity index (χ2v) is 13.5. The van der Waals surface area contributed by atoms with E-state index in [-0.39, 0.29) is 5.41 Å². The molecule has 216 valence electrons. The van der Waals surface area contributed by atoms with Gasteiger partial charge in [-0.3, -0.25) is 0 Å². The third kappa shape index (κ3) is 4.88. The van der Waals surface area contributed by atoms with Crippen LogP contribution in [-0.2, 0) is 5.41 Å². The van der Waals surface area contributed by atoms with E-state index in [4.69, 9.17) is 0 Å². The quantitative estimate of drug-likeness (QED) is 0.194. The number of hydrogen-bond acceptors (Lipinski definition) is 2. The first-order chi connectivity index (χ1) is 21.8. The Labute approximate surface area is 264 Å². The van der Waals surface area contributed by atoms with Crippen molar-refractivity contribution < 1.29 is 0 Å². The topological polar surface area (TPSA) is 3.24 Å². The van der Waals surface area contributed by atoms with Crippen molar-refractivity contribution in [1.82, 2.24) is 0 Å². The van der Waals surface area contributed by atoms with Crippen LogP contribution in [0.2, 0.25) is 0 Å². The number of nitrogens with zero attached hydrogens (tertiary/aromatic N) is 1. The minimum atomic E-state index is 0.0734. The van der Waals surface area contributed by atoms with Crippen molar-refractivity contribution >= 4 is 59.3 Å². The molecule has 0 N–H and O–H groups in total. The number of anilines is 3. The third-order valence-electron chi connectivity index (χ3n) is 9.82. The van der Waals surface area contributed by atoms with Gasteiger partial charge in [0.2, 0.25) is 0 Å². The van der Waals surface area contributed by atoms with Gasteiger partial charge in [-0.15, -0.1) is 11.3 Å². The van der Waals surface area contributed by atoms with Gasteiger partial charge in [-0.1, -0.05) is 129 Å². The van der Waals surface area contributed by atoms with E-state index >= 15 is 0 Å². The Morgan fingerprint density at radius 1 is 0.432 bits per heavy atom. The molecule has 8 rings (SSSR count). The summed E-state index contributed by atoms with van der Waals surface area (Å²) in [7, 11) is 0. The van der Waals surface area contributed by atoms with Crippen molar-refractivity contribution in [3.05, 3.63) is 151 Å². The summed E-state index contributed by atoms with van der Waals surface area (Å²) >= 11 is 1.88. The molecule has 7 aromatic rings. The van der Waals surface area contributed by atoms with Crippen LogP contribution in [0.25, 0.3) is 30.9 Å². The lowest BCUT2D eigenvalue weighted by atomic mass is 9.67. The zero-order chi connectivity index (χ0) is 29.3. The van der Waals surface area contributed by atoms with Gasteiger partial charge in [-0.25, -0.2) is 0 Å². The molecule has 0 unspecified atom stereocenters. The molecule has 1 aliphatic rings. The monoisotopic (exact) mass is 587 g/mol. The van der Waals surface area contributed by atoms with Crippen LogP contribution in [-0.4, -0.2) is 0 Å². The molecule has 1 nitrogen and oxygen atoms in total. The molecule has 0 aliphatic heterocycles. The molecule has 1 heterocycles. The summed E-state index contributed by atoms with van der Waals surface area (Å²) < 4.78 is 2.66. The smallest absolute Gasteiger partial charge is 0.0476 e. The Balaban J connectivity index is 1.26. The molecule has 0 atom stereocenters. The van der Waals surface area contributed by atoms with Crippen molar-refractivity contribution in [1.29, 1.82) is 0 Å². The predicted octanol–water partition coefficient (Wildman–Crippen LogP) is 12.7. The van der Waals surface area contributed by atoms with E-state index < -0.39 is 0 Å². The molecule has 0 saturated heterocycles. The Morgan fingerprint density at radius 3 is 1.84 bits per heavy atom. The fraction of sp³-hybridized carbons (Fsp3) is 0.190. The van der Waals surface area contributed by atoms with Gasteiger partial charge in [0.05, 0.1) is 0 Å². The van der Waals surface area contributed by atoms with Crippen LogP contribution in [0.3, 0.4) is 0 Å². The molecule has 44 heavy (non-hydrogen) atoms. The number of hydrogen-bond donors (Lipinski definition) is 0. The molecule has 0 bridgehead atoms. The third-order valence-corrected chi connectivity index (χ3v) is 11.0. The normalized spacial score (nSPS) is 15.3. The molecular weight excluding hydrogens is 551 g/mol. The van der Waals surface area contributed by atoms with Gasteiger partial charge >= 0.3 is 0 Å². The molecule has 0 spiro atoms. The van der Waals surface area contributed by atoms with Crippen molar-refractivity contribution in [2.45, 2.75) is 50.4 Å². The average Bonchev–Trinajstić information content (AvgIpc) is 3.44. The standard InChI is InChI=1S/C42H37NS/c1-2-11-27-42(28-12-3-1,33-15-5-4-6-16-33)34-20-23-35(24-21-34)43(36-22-19-31-13-7-8-14-32(31)29-36)37-25-26-39-38-17-9-10-18-40(38)44-41(39)30-37/h4-10,13-26,29-30H,1-3,11-12,27-28H2. The average molecular weight is 588 g/mol. The van der Waals surface area contributed by atoms with Crippen molar-refractivity contribution in [2.24, 2.45) is 0 Å². The van der Waals surface area contributed by atoms with E-state index in [1.54, 1.807) is 0 Å². The second kappa shape index (κ2) is 11.6. The maximum atomic E-state index is 2.44. The van der Waals surface area contributed by atoms with Gasteiger partial charge in [-0.2, -0.15) is 0 Å². The highest BCUT2D eigenvalue weighted by atomic mass is 32.1. The lowest BCUT2D eigenvalue weighted by Gasteiger charge is -2.37. The molecule has 2 heteroatoms. The van der Waals surface area contributed by atoms with Gasteiger partial charge < -0.3 is 4.90 Å². The highest BCUT2D eigenvalue weighted by Gasteiger charge is 2.34. The summed E-state index contributed by atoms with van der Waals surface area (Å²) in [6.45, 7) is 0. The zero-order valence-electron chi connectivity index (χ0n) is 25.1. The Bertz CT molecular complexity index is 2050. The van der Waals surface area contributed by atoms with E-state index in [1.165, 1.54) is 104 Å². The number of fused-ring (bicyclic) bond motifs is 4. The summed E-state index contributed by atoms with van der Waals surface area (Å²) in [6.07, 6.45) is 9.05. The highest BCUT2D eigenvalue weighted by Crippen LogP contribution is 2.45. The van der Waals surface area contributed by atoms with Gasteiger partial charge in [0, 0.05) is 42.6 Å². The van der Waals surface area contributed by atoms with Crippen molar-refractivity contribution in [3.8, 4) is 0 Å². The maximum Gasteiger partial charge on any atom is 0.0476 e. The van der Waals surface area contributed by atoms with Gasteiger partial charge in [-0.05, 0) is 77.2 Å². The predicted molar refractivity (Wildman–Crippen MR) is 191 cm³/mol. The van der Waals surface area contributed by atoms with Crippen molar-refractivity contribution in [3.63, 3.8) is 0 Å². The molecule has 1 aromatic heterocycles. The van der Waals surface area contributed by atoms with Crippen LogP contribution in [0, 0.1) is 0 Å². The molecule has 1 aliphatic carbocycles. The molecule has 1 fully saturated rings. The largest absolute Gasteiger partial charge is 0.310 e. The Hall–Kier alpha value is -4.40. The van der Waals surface area contributed by atoms with E-state index in [1.807, 2.05) is 11.3 Å². The molecular formula is C42H37NS. The minimum absolute atomic E-state index is 0.0734. The second-order valence-electron chi connectivity index (χ2n) is 12.4. The van der Waals surface area contributed by atoms with E-state index in [9.17, 15) is 0 Å². The Kier molecular flexibility index (Phi) is 7.16. The van der Waals surface area contributed by atoms with Crippen LogP contribution in [0.1, 0.15) is 56.1 Å². The lowest BCUT2D eigenvalue weighted by molar-refractivity contribution is 0.366. The fourth-order valence-corrected chi connectivity index (χ4v) is 8.70. The summed E-state index contributed by atoms with van der Waals surface area (Å²) in [4.78, 5) is 2.44. The zero-order valence-corrected chi connectivity index (χ0v) is 25.9. The van der Waals surface area contributed by atoms with Crippen LogP contribution in [0.15, 0.2) is 140 Å². The number of thiophene rings is 1. The minimum Gasteiger partial charge on any atom is -0.310 e. The van der Waals surface area contributed by atoms with E-state index in [0.717, 1.165) is 0 Å². The van der Waals surface area contributed by atoms with Crippen LogP contribution < -0.4 is 4.90 Å². The SMILES string of the molecule is c1ccc(C2(c3ccc(N(c4ccc5ccccc5c4)c4ccc5c(c4)sc4ccccc45)cc3)CCCCCCC2)cc1. The maximum absolute atomic E-state index is 2.44. The first-order valence-corrected chi connectivity index (χ1v) is 17.0. The summed E-state index contributed by atoms with van der Waals surface area (Å²) in [5.74, 6) is 0. The molecule has 0 amide bonds. The van der Waals surface area contributed by atoms with Crippen LogP contribution in [0.4, 0.5) is 17.1 Å². The first kappa shape index (κ1) is 27.2. The highest BCUT2D eigenvalue weighted by molar-refractivity contribution is 7.25. The number of rotatable bonds is 5. The van der Waals surface area contributed by atoms with Crippen molar-refractivity contribution in [2.75, 3.05) is 4.90 Å². The summed E-state index contributed by atoms with van der Waals surface area (Å²) in [6, 6.07) is 52.1. The number of benzene rings is 6. The molecule has 6 aromatic carbocycles. The fourth-order valence-electron chi connectivity index (χ4n) is 7.56. The first-order valence-electron chi connectivity index (χ1n) is 16.1. The molecule has 1 saturated carbocycles. The van der Waals surface area contributed by atoms with Crippen LogP contribution >= 0.6 is 11.3 Å². The van der Waals surface area contributed by atoms with Gasteiger partial charge in [0.1, 0.15) is 0 Å². The van der Waals surface area contributed by atoms with E-state index in [2.05, 4.69) is 144 Å². The lowest BCUT2D eigenvalue weighted by Crippen LogP contribution is -2.29. The van der Waals surface area contributed by atoms with Gasteiger partial charge in [0.15, 0.2) is 0 Å².